The van der Waals surface area contributed by atoms with Crippen molar-refractivity contribution in [2.75, 3.05) is 19.7 Å². The van der Waals surface area contributed by atoms with Gasteiger partial charge in [-0.25, -0.2) is 4.98 Å². The number of morpholine rings is 1. The molecule has 0 radical (unpaired) electrons. The number of pyridine rings is 2. The number of hydrogen-bond acceptors (Lipinski definition) is 6. The zero-order valence-electron chi connectivity index (χ0n) is 21.5. The first kappa shape index (κ1) is 27.6. The molecule has 11 heteroatoms. The first-order chi connectivity index (χ1) is 18.0. The Morgan fingerprint density at radius 3 is 2.66 bits per heavy atom. The van der Waals surface area contributed by atoms with E-state index in [1.165, 1.54) is 4.90 Å². The van der Waals surface area contributed by atoms with E-state index in [1.54, 1.807) is 20.0 Å². The Morgan fingerprint density at radius 2 is 2.00 bits per heavy atom. The van der Waals surface area contributed by atoms with Gasteiger partial charge < -0.3 is 19.4 Å². The summed E-state index contributed by atoms with van der Waals surface area (Å²) in [5.74, 6) is 0.516. The fourth-order valence-corrected chi connectivity index (χ4v) is 4.94. The van der Waals surface area contributed by atoms with Crippen molar-refractivity contribution in [3.8, 4) is 5.88 Å². The van der Waals surface area contributed by atoms with Crippen LogP contribution in [0.15, 0.2) is 42.7 Å². The normalized spacial score (nSPS) is 23.3. The largest absolute Gasteiger partial charge is 0.474 e. The highest BCUT2D eigenvalue weighted by Crippen LogP contribution is 2.47. The second-order valence-corrected chi connectivity index (χ2v) is 9.58. The summed E-state index contributed by atoms with van der Waals surface area (Å²) in [4.78, 5) is 36.6. The van der Waals surface area contributed by atoms with Gasteiger partial charge in [0, 0.05) is 50.0 Å². The molecule has 4 heterocycles. The number of halogens is 3. The molecule has 1 saturated carbocycles. The van der Waals surface area contributed by atoms with Gasteiger partial charge >= 0.3 is 6.18 Å². The number of rotatable bonds is 5. The first-order valence-corrected chi connectivity index (χ1v) is 12.5. The van der Waals surface area contributed by atoms with E-state index in [4.69, 9.17) is 4.74 Å². The Hall–Kier alpha value is -3.47. The molecule has 1 N–H and O–H groups in total. The number of nitrogens with one attached hydrogen (secondary N) is 1. The monoisotopic (exact) mass is 532 g/mol. The summed E-state index contributed by atoms with van der Waals surface area (Å²) in [6.45, 7) is 5.06. The number of aromatic nitrogens is 3. The van der Waals surface area contributed by atoms with Gasteiger partial charge in [-0.1, -0.05) is 13.0 Å². The molecule has 2 fully saturated rings. The van der Waals surface area contributed by atoms with Crippen molar-refractivity contribution in [1.29, 1.82) is 0 Å². The van der Waals surface area contributed by atoms with E-state index in [1.807, 2.05) is 43.5 Å². The second kappa shape index (κ2) is 11.1. The molecule has 0 spiro atoms. The quantitative estimate of drug-likeness (QED) is 0.519. The number of aryl methyl sites for hydroxylation is 1. The van der Waals surface area contributed by atoms with Gasteiger partial charge in [0.25, 0.3) is 0 Å². The average molecular weight is 533 g/mol. The van der Waals surface area contributed by atoms with Crippen LogP contribution in [0.1, 0.15) is 44.4 Å². The van der Waals surface area contributed by atoms with Crippen LogP contribution in [0.5, 0.6) is 5.88 Å². The lowest BCUT2D eigenvalue weighted by molar-refractivity contribution is -0.236. The number of aromatic amines is 1. The molecule has 1 aliphatic heterocycles. The molecule has 1 aliphatic carbocycles. The van der Waals surface area contributed by atoms with E-state index in [9.17, 15) is 22.8 Å². The number of hydrogen-bond donors (Lipinski definition) is 1. The average Bonchev–Trinajstić information content (AvgIpc) is 3.34. The van der Waals surface area contributed by atoms with E-state index in [-0.39, 0.29) is 43.9 Å². The summed E-state index contributed by atoms with van der Waals surface area (Å²) in [6.07, 6.45) is -1.03. The molecule has 1 amide bonds. The molecule has 3 aromatic rings. The van der Waals surface area contributed by atoms with E-state index in [2.05, 4.69) is 19.7 Å². The molecule has 2 aliphatic rings. The van der Waals surface area contributed by atoms with Crippen LogP contribution in [0.2, 0.25) is 0 Å². The number of ether oxygens (including phenoxy) is 2. The zero-order valence-corrected chi connectivity index (χ0v) is 21.5. The number of carbonyl (C=O) groups is 2. The fraction of sp³-hybridized carbons (Fsp3) is 0.481. The van der Waals surface area contributed by atoms with Crippen LogP contribution in [0.25, 0.3) is 11.0 Å². The van der Waals surface area contributed by atoms with Crippen molar-refractivity contribution in [3.05, 3.63) is 54.0 Å². The second-order valence-electron chi connectivity index (χ2n) is 9.58. The van der Waals surface area contributed by atoms with E-state index >= 15 is 0 Å². The van der Waals surface area contributed by atoms with Gasteiger partial charge in [0.15, 0.2) is 6.10 Å². The highest BCUT2D eigenvalue weighted by atomic mass is 19.4. The van der Waals surface area contributed by atoms with Crippen LogP contribution in [-0.2, 0) is 19.7 Å². The summed E-state index contributed by atoms with van der Waals surface area (Å²) in [6, 6.07) is 9.64. The van der Waals surface area contributed by atoms with E-state index < -0.39 is 17.7 Å². The molecule has 1 saturated heterocycles. The summed E-state index contributed by atoms with van der Waals surface area (Å²) in [5, 5.41) is 0. The predicted octanol–water partition coefficient (Wildman–Crippen LogP) is 4.52. The highest BCUT2D eigenvalue weighted by Gasteiger charge is 2.51. The van der Waals surface area contributed by atoms with Crippen molar-refractivity contribution in [2.24, 2.45) is 0 Å². The molecule has 204 valence electrons. The SMILES string of the molecule is CC(=O)C1(c2cccnc2C)CC(Oc2ccc3[nH]ccc3n2)C1.CCC(=O)N1CCOC(C(F)(F)F)C1. The van der Waals surface area contributed by atoms with Crippen LogP contribution in [0, 0.1) is 6.92 Å². The lowest BCUT2D eigenvalue weighted by Gasteiger charge is -2.46. The third kappa shape index (κ3) is 5.82. The molecule has 8 nitrogen and oxygen atoms in total. The topological polar surface area (TPSA) is 97.4 Å². The minimum atomic E-state index is -4.38. The smallest absolute Gasteiger partial charge is 0.416 e. The maximum Gasteiger partial charge on any atom is 0.416 e. The van der Waals surface area contributed by atoms with E-state index in [0.717, 1.165) is 22.3 Å². The first-order valence-electron chi connectivity index (χ1n) is 12.5. The molecular weight excluding hydrogens is 501 g/mol. The summed E-state index contributed by atoms with van der Waals surface area (Å²) in [7, 11) is 0. The Kier molecular flexibility index (Phi) is 8.05. The minimum Gasteiger partial charge on any atom is -0.474 e. The van der Waals surface area contributed by atoms with Gasteiger partial charge in [-0.15, -0.1) is 0 Å². The molecule has 5 rings (SSSR count). The van der Waals surface area contributed by atoms with Crippen LogP contribution in [0.4, 0.5) is 13.2 Å². The number of H-pyrrole nitrogens is 1. The number of amides is 1. The third-order valence-electron chi connectivity index (χ3n) is 7.10. The van der Waals surface area contributed by atoms with Crippen LogP contribution < -0.4 is 4.74 Å². The standard InChI is InChI=1S/C19H19N3O2.C8H12F3NO2/c1-12-15(4-3-8-20-12)19(13(2)23)10-14(11-19)24-18-6-5-16-17(22-18)7-9-21-16;1-2-7(13)12-3-4-14-6(5-12)8(9,10)11/h3-9,14,21H,10-11H2,1-2H3;6H,2-5H2,1H3. The Morgan fingerprint density at radius 1 is 1.24 bits per heavy atom. The third-order valence-corrected chi connectivity index (χ3v) is 7.10. The summed E-state index contributed by atoms with van der Waals surface area (Å²) in [5.41, 5.74) is 3.33. The van der Waals surface area contributed by atoms with E-state index in [0.29, 0.717) is 18.7 Å². The lowest BCUT2D eigenvalue weighted by Crippen LogP contribution is -2.52. The van der Waals surface area contributed by atoms with Crippen LogP contribution in [-0.4, -0.2) is 69.6 Å². The van der Waals surface area contributed by atoms with Crippen molar-refractivity contribution >= 4 is 22.7 Å². The molecule has 0 aromatic carbocycles. The van der Waals surface area contributed by atoms with Gasteiger partial charge in [-0.3, -0.25) is 14.6 Å². The van der Waals surface area contributed by atoms with Crippen LogP contribution in [0.3, 0.4) is 0 Å². The van der Waals surface area contributed by atoms with Crippen molar-refractivity contribution in [1.82, 2.24) is 19.9 Å². The van der Waals surface area contributed by atoms with Crippen molar-refractivity contribution in [3.63, 3.8) is 0 Å². The lowest BCUT2D eigenvalue weighted by atomic mass is 9.60. The number of Topliss-reactive ketones (excluding diaryl/α,β-unsaturated/α-hetero) is 1. The fourth-order valence-electron chi connectivity index (χ4n) is 4.94. The maximum atomic E-state index is 12.3. The van der Waals surface area contributed by atoms with Gasteiger partial charge in [0.1, 0.15) is 11.9 Å². The summed E-state index contributed by atoms with van der Waals surface area (Å²) < 4.78 is 47.2. The number of alkyl halides is 3. The predicted molar refractivity (Wildman–Crippen MR) is 134 cm³/mol. The molecular formula is C27H31F3N4O4. The maximum absolute atomic E-state index is 12.3. The van der Waals surface area contributed by atoms with Crippen LogP contribution >= 0.6 is 0 Å². The molecule has 38 heavy (non-hydrogen) atoms. The van der Waals surface area contributed by atoms with Gasteiger partial charge in [-0.2, -0.15) is 13.2 Å². The molecule has 3 aromatic heterocycles. The number of nitrogens with zero attached hydrogens (tertiary/aromatic N) is 3. The van der Waals surface area contributed by atoms with Crippen molar-refractivity contribution in [2.45, 2.75) is 63.8 Å². The van der Waals surface area contributed by atoms with Gasteiger partial charge in [0.2, 0.25) is 11.8 Å². The zero-order chi connectivity index (χ0) is 27.5. The molecule has 0 bridgehead atoms. The molecule has 1 atom stereocenters. The minimum absolute atomic E-state index is 0.00241. The van der Waals surface area contributed by atoms with Gasteiger partial charge in [-0.05, 0) is 37.6 Å². The number of carbonyl (C=O) groups excluding carboxylic acids is 2. The Balaban J connectivity index is 0.000000206. The van der Waals surface area contributed by atoms with Crippen molar-refractivity contribution < 1.29 is 32.2 Å². The molecule has 1 unspecified atom stereocenters. The Bertz CT molecular complexity index is 1290. The summed E-state index contributed by atoms with van der Waals surface area (Å²) >= 11 is 0. The van der Waals surface area contributed by atoms with Gasteiger partial charge in [0.05, 0.1) is 29.6 Å². The number of ketones is 1. The number of fused-ring (bicyclic) bond motifs is 1. The highest BCUT2D eigenvalue weighted by molar-refractivity contribution is 5.89. The Labute approximate surface area is 218 Å².